The molecule has 61 heavy (non-hydrogen) atoms. The van der Waals surface area contributed by atoms with E-state index < -0.39 is 99.3 Å². The predicted octanol–water partition coefficient (Wildman–Crippen LogP) is 4.98. The highest BCUT2D eigenvalue weighted by Crippen LogP contribution is 2.26. The Morgan fingerprint density at radius 1 is 0.525 bits per heavy atom. The molecular formula is C46H80O15. The first-order chi connectivity index (χ1) is 29.5. The second kappa shape index (κ2) is 34.2. The minimum absolute atomic E-state index is 0.147. The number of unbranched alkanes of at least 4 members (excludes halogenated alkanes) is 14. The van der Waals surface area contributed by atoms with E-state index in [1.807, 2.05) is 6.08 Å². The molecular weight excluding hydrogens is 792 g/mol. The van der Waals surface area contributed by atoms with Gasteiger partial charge in [-0.15, -0.1) is 0 Å². The molecule has 15 heteroatoms. The fourth-order valence-corrected chi connectivity index (χ4v) is 7.00. The molecule has 0 bridgehead atoms. The molecule has 2 heterocycles. The topological polar surface area (TPSA) is 231 Å². The van der Waals surface area contributed by atoms with E-state index in [1.165, 1.54) is 57.8 Å². The summed E-state index contributed by atoms with van der Waals surface area (Å²) in [6, 6.07) is 0. The molecule has 0 radical (unpaired) electrons. The maximum atomic E-state index is 12.8. The van der Waals surface area contributed by atoms with Gasteiger partial charge < -0.3 is 64.2 Å². The first kappa shape index (κ1) is 54.9. The molecule has 2 fully saturated rings. The normalized spacial score (nSPS) is 27.6. The van der Waals surface area contributed by atoms with Crippen molar-refractivity contribution in [3.05, 3.63) is 36.5 Å². The Balaban J connectivity index is 1.84. The van der Waals surface area contributed by atoms with Gasteiger partial charge in [-0.3, -0.25) is 9.59 Å². The molecule has 2 aliphatic heterocycles. The highest BCUT2D eigenvalue weighted by Gasteiger charge is 2.47. The van der Waals surface area contributed by atoms with Crippen LogP contribution in [0.1, 0.15) is 149 Å². The number of carbonyl (C=O) groups excluding carboxylic acids is 2. The molecule has 7 N–H and O–H groups in total. The van der Waals surface area contributed by atoms with E-state index in [-0.39, 0.29) is 19.4 Å². The minimum Gasteiger partial charge on any atom is -0.462 e. The van der Waals surface area contributed by atoms with Gasteiger partial charge in [0.25, 0.3) is 0 Å². The van der Waals surface area contributed by atoms with Gasteiger partial charge in [-0.05, 0) is 44.9 Å². The SMILES string of the molecule is CCCCCCCC/C=C/C/C=C/C/C=C/CCCC(=O)OC[C@@H](CO[C@@H]1O[C@H](CO[C@@H]2O[C@H](CO)[C@H](O)C(O)C2O)[C@H](O)C(O)C1O)OC(=O)CCCCCCCCCC. The predicted molar refractivity (Wildman–Crippen MR) is 229 cm³/mol. The zero-order valence-electron chi connectivity index (χ0n) is 36.9. The van der Waals surface area contributed by atoms with Gasteiger partial charge in [-0.2, -0.15) is 0 Å². The molecule has 0 spiro atoms. The van der Waals surface area contributed by atoms with Crippen molar-refractivity contribution in [2.24, 2.45) is 0 Å². The Kier molecular flexibility index (Phi) is 30.7. The Bertz CT molecular complexity index is 1210. The monoisotopic (exact) mass is 873 g/mol. The minimum atomic E-state index is -1.77. The summed E-state index contributed by atoms with van der Waals surface area (Å²) in [5, 5.41) is 71.7. The lowest BCUT2D eigenvalue weighted by atomic mass is 9.98. The Morgan fingerprint density at radius 3 is 1.59 bits per heavy atom. The summed E-state index contributed by atoms with van der Waals surface area (Å²) in [6.07, 6.45) is 16.5. The lowest BCUT2D eigenvalue weighted by Gasteiger charge is -2.42. The first-order valence-electron chi connectivity index (χ1n) is 23.1. The molecule has 2 rings (SSSR count). The molecule has 11 atom stereocenters. The van der Waals surface area contributed by atoms with Gasteiger partial charge in [0.05, 0.1) is 19.8 Å². The lowest BCUT2D eigenvalue weighted by Crippen LogP contribution is -2.61. The molecule has 15 nitrogen and oxygen atoms in total. The largest absolute Gasteiger partial charge is 0.462 e. The zero-order valence-corrected chi connectivity index (χ0v) is 36.9. The van der Waals surface area contributed by atoms with Gasteiger partial charge in [-0.25, -0.2) is 0 Å². The molecule has 0 aromatic heterocycles. The van der Waals surface area contributed by atoms with Crippen molar-refractivity contribution >= 4 is 11.9 Å². The summed E-state index contributed by atoms with van der Waals surface area (Å²) in [4.78, 5) is 25.5. The van der Waals surface area contributed by atoms with Gasteiger partial charge in [0.1, 0.15) is 55.4 Å². The third-order valence-electron chi connectivity index (χ3n) is 10.9. The van der Waals surface area contributed by atoms with Crippen LogP contribution in [0.15, 0.2) is 36.5 Å². The van der Waals surface area contributed by atoms with Crippen molar-refractivity contribution in [1.82, 2.24) is 0 Å². The molecule has 4 unspecified atom stereocenters. The number of carbonyl (C=O) groups is 2. The number of hydrogen-bond acceptors (Lipinski definition) is 15. The molecule has 354 valence electrons. The second-order valence-corrected chi connectivity index (χ2v) is 16.2. The average molecular weight is 873 g/mol. The fourth-order valence-electron chi connectivity index (χ4n) is 7.00. The van der Waals surface area contributed by atoms with Crippen LogP contribution >= 0.6 is 0 Å². The van der Waals surface area contributed by atoms with E-state index in [9.17, 15) is 45.3 Å². The van der Waals surface area contributed by atoms with Crippen molar-refractivity contribution in [3.63, 3.8) is 0 Å². The zero-order chi connectivity index (χ0) is 44.7. The average Bonchev–Trinajstić information content (AvgIpc) is 3.25. The van der Waals surface area contributed by atoms with E-state index in [0.717, 1.165) is 44.9 Å². The number of aliphatic hydroxyl groups is 7. The molecule has 0 aromatic carbocycles. The van der Waals surface area contributed by atoms with Crippen LogP contribution in [-0.4, -0.2) is 142 Å². The van der Waals surface area contributed by atoms with Crippen molar-refractivity contribution in [3.8, 4) is 0 Å². The van der Waals surface area contributed by atoms with Crippen LogP contribution in [0.3, 0.4) is 0 Å². The number of rotatable bonds is 34. The van der Waals surface area contributed by atoms with Crippen LogP contribution in [-0.2, 0) is 38.0 Å². The van der Waals surface area contributed by atoms with Crippen molar-refractivity contribution < 1.29 is 73.8 Å². The summed E-state index contributed by atoms with van der Waals surface area (Å²) < 4.78 is 33.3. The Labute approximate surface area is 364 Å². The van der Waals surface area contributed by atoms with E-state index in [2.05, 4.69) is 44.2 Å². The van der Waals surface area contributed by atoms with Crippen LogP contribution in [0.5, 0.6) is 0 Å². The highest BCUT2D eigenvalue weighted by molar-refractivity contribution is 5.70. The Morgan fingerprint density at radius 2 is 1.00 bits per heavy atom. The third kappa shape index (κ3) is 23.3. The summed E-state index contributed by atoms with van der Waals surface area (Å²) in [5.74, 6) is -0.992. The number of ether oxygens (including phenoxy) is 6. The standard InChI is InChI=1S/C46H80O15/c1-3-5-7-9-11-13-14-15-16-17-18-19-20-21-23-24-26-28-37(48)56-31-34(59-38(49)29-27-25-22-12-10-8-6-4-2)32-57-45-44(55)42(53)40(51)36(61-45)33-58-46-43(54)41(52)39(50)35(30-47)60-46/h15-16,18-19,21,23,34-36,39-47,50-55H,3-14,17,20,22,24-33H2,1-2H3/b16-15+,19-18+,23-21+/t34-,35+,36+,39-,40-,41?,42?,43?,44?,45+,46+/m0/s1. The van der Waals surface area contributed by atoms with Crippen LogP contribution in [0, 0.1) is 0 Å². The quantitative estimate of drug-likeness (QED) is 0.0257. The van der Waals surface area contributed by atoms with Gasteiger partial charge in [0.15, 0.2) is 18.7 Å². The Hall–Kier alpha value is -2.28. The molecule has 0 amide bonds. The van der Waals surface area contributed by atoms with Crippen LogP contribution in [0.25, 0.3) is 0 Å². The molecule has 2 aliphatic rings. The lowest BCUT2D eigenvalue weighted by molar-refractivity contribution is -0.332. The van der Waals surface area contributed by atoms with E-state index >= 15 is 0 Å². The van der Waals surface area contributed by atoms with Crippen LogP contribution in [0.4, 0.5) is 0 Å². The van der Waals surface area contributed by atoms with Gasteiger partial charge >= 0.3 is 11.9 Å². The fraction of sp³-hybridized carbons (Fsp3) is 0.826. The van der Waals surface area contributed by atoms with E-state index in [4.69, 9.17) is 28.4 Å². The maximum absolute atomic E-state index is 12.8. The summed E-state index contributed by atoms with van der Waals surface area (Å²) in [5.41, 5.74) is 0. The van der Waals surface area contributed by atoms with Gasteiger partial charge in [-0.1, -0.05) is 127 Å². The smallest absolute Gasteiger partial charge is 0.306 e. The molecule has 0 aromatic rings. The number of hydrogen-bond donors (Lipinski definition) is 7. The van der Waals surface area contributed by atoms with Crippen LogP contribution < -0.4 is 0 Å². The number of allylic oxidation sites excluding steroid dienone is 6. The summed E-state index contributed by atoms with van der Waals surface area (Å²) >= 11 is 0. The molecule has 0 aliphatic carbocycles. The van der Waals surface area contributed by atoms with E-state index in [1.54, 1.807) is 0 Å². The summed E-state index contributed by atoms with van der Waals surface area (Å²) in [6.45, 7) is 2.46. The van der Waals surface area contributed by atoms with Crippen LogP contribution in [0.2, 0.25) is 0 Å². The highest BCUT2D eigenvalue weighted by atomic mass is 16.7. The molecule has 0 saturated carbocycles. The maximum Gasteiger partial charge on any atom is 0.306 e. The van der Waals surface area contributed by atoms with E-state index in [0.29, 0.717) is 19.3 Å². The first-order valence-corrected chi connectivity index (χ1v) is 23.1. The van der Waals surface area contributed by atoms with Gasteiger partial charge in [0, 0.05) is 12.8 Å². The third-order valence-corrected chi connectivity index (χ3v) is 10.9. The number of esters is 2. The molecule has 2 saturated heterocycles. The second-order valence-electron chi connectivity index (χ2n) is 16.2. The van der Waals surface area contributed by atoms with Gasteiger partial charge in [0.2, 0.25) is 0 Å². The van der Waals surface area contributed by atoms with Crippen molar-refractivity contribution in [2.75, 3.05) is 26.4 Å². The van der Waals surface area contributed by atoms with Crippen molar-refractivity contribution in [2.45, 2.75) is 216 Å². The summed E-state index contributed by atoms with van der Waals surface area (Å²) in [7, 11) is 0. The number of aliphatic hydroxyl groups excluding tert-OH is 7. The van der Waals surface area contributed by atoms with Crippen molar-refractivity contribution in [1.29, 1.82) is 0 Å².